The molecule has 9 nitrogen and oxygen atoms in total. The summed E-state index contributed by atoms with van der Waals surface area (Å²) in [5, 5.41) is 40.6. The fourth-order valence-corrected chi connectivity index (χ4v) is 2.15. The normalized spacial score (nSPS) is 37.0. The van der Waals surface area contributed by atoms with Crippen LogP contribution in [0, 0.1) is 0 Å². The number of aliphatic carboxylic acids is 1. The highest BCUT2D eigenvalue weighted by Gasteiger charge is 2.52. The van der Waals surface area contributed by atoms with E-state index in [1.807, 2.05) is 0 Å². The highest BCUT2D eigenvalue weighted by molar-refractivity contribution is 5.75. The molecule has 1 aliphatic rings. The summed E-state index contributed by atoms with van der Waals surface area (Å²) in [6, 6.07) is -2.13. The molecule has 7 N–H and O–H groups in total. The number of carboxylic acid groups (broad SMARTS) is 1. The molecule has 1 rings (SSSR count). The zero-order valence-corrected chi connectivity index (χ0v) is 11.2. The number of ether oxygens (including phenoxy) is 1. The van der Waals surface area contributed by atoms with E-state index in [-0.39, 0.29) is 0 Å². The lowest BCUT2D eigenvalue weighted by Crippen LogP contribution is -2.68. The van der Waals surface area contributed by atoms with E-state index in [4.69, 9.17) is 15.6 Å². The minimum absolute atomic E-state index is 0.495. The average molecular weight is 292 g/mol. The number of carbonyl (C=O) groups excluding carboxylic acids is 1. The molecule has 0 radical (unpaired) electrons. The van der Waals surface area contributed by atoms with Gasteiger partial charge in [-0.15, -0.1) is 0 Å². The number of carbonyl (C=O) groups is 2. The highest BCUT2D eigenvalue weighted by Crippen LogP contribution is 2.29. The maximum absolute atomic E-state index is 11.1. The molecular formula is C11H20N2O7. The molecular weight excluding hydrogens is 272 g/mol. The number of hydrogen-bond acceptors (Lipinski definition) is 7. The van der Waals surface area contributed by atoms with E-state index < -0.39 is 54.5 Å². The maximum Gasteiger partial charge on any atom is 0.364 e. The molecule has 0 aromatic rings. The van der Waals surface area contributed by atoms with Crippen molar-refractivity contribution in [1.82, 2.24) is 5.32 Å². The van der Waals surface area contributed by atoms with Crippen LogP contribution in [0.25, 0.3) is 0 Å². The zero-order chi connectivity index (χ0) is 15.7. The number of aliphatic hydroxyl groups is 3. The second kappa shape index (κ2) is 6.02. The van der Waals surface area contributed by atoms with Crippen molar-refractivity contribution in [3.05, 3.63) is 0 Å². The lowest BCUT2D eigenvalue weighted by atomic mass is 9.88. The Bertz CT molecular complexity index is 389. The Labute approximate surface area is 115 Å². The minimum Gasteiger partial charge on any atom is -0.477 e. The van der Waals surface area contributed by atoms with Gasteiger partial charge in [0.2, 0.25) is 5.91 Å². The van der Waals surface area contributed by atoms with Crippen molar-refractivity contribution in [1.29, 1.82) is 0 Å². The van der Waals surface area contributed by atoms with E-state index in [0.717, 1.165) is 0 Å². The third kappa shape index (κ3) is 3.44. The van der Waals surface area contributed by atoms with E-state index >= 15 is 0 Å². The number of carboxylic acids is 1. The Morgan fingerprint density at radius 2 is 2.05 bits per heavy atom. The van der Waals surface area contributed by atoms with Gasteiger partial charge in [0, 0.05) is 13.3 Å². The van der Waals surface area contributed by atoms with E-state index in [2.05, 4.69) is 5.32 Å². The molecule has 0 aliphatic carbocycles. The molecule has 1 heterocycles. The standard InChI is InChI=1S/C11H20N2O7/c1-4(14)8(13-5(2)15)9-7(12)6(16)3-11(19,20-9)10(17)18/h4,6-9,14,16,19H,3,12H2,1-2H3,(H,13,15)(H,17,18)/t4-,6-,7+,8+,9+,11+/m0/s1. The molecule has 0 aromatic heterocycles. The molecule has 0 aromatic carbocycles. The molecule has 6 atom stereocenters. The summed E-state index contributed by atoms with van der Waals surface area (Å²) in [4.78, 5) is 22.1. The van der Waals surface area contributed by atoms with Gasteiger partial charge in [-0.2, -0.15) is 0 Å². The van der Waals surface area contributed by atoms with Gasteiger partial charge in [0.15, 0.2) is 0 Å². The number of rotatable bonds is 4. The molecule has 1 fully saturated rings. The molecule has 1 amide bonds. The predicted molar refractivity (Wildman–Crippen MR) is 65.3 cm³/mol. The third-order valence-corrected chi connectivity index (χ3v) is 3.22. The van der Waals surface area contributed by atoms with E-state index in [9.17, 15) is 24.9 Å². The summed E-state index contributed by atoms with van der Waals surface area (Å²) in [6.45, 7) is 2.54. The van der Waals surface area contributed by atoms with Crippen molar-refractivity contribution >= 4 is 11.9 Å². The first kappa shape index (κ1) is 16.8. The smallest absolute Gasteiger partial charge is 0.364 e. The van der Waals surface area contributed by atoms with E-state index in [1.54, 1.807) is 0 Å². The Kier molecular flexibility index (Phi) is 5.05. The van der Waals surface area contributed by atoms with Crippen molar-refractivity contribution in [2.75, 3.05) is 0 Å². The molecule has 1 saturated heterocycles. The SMILES string of the molecule is CC(=O)N[C@@H]([C@@H]1O[C@@](O)(C(=O)O)C[C@H](O)[C@H]1N)[C@H](C)O. The van der Waals surface area contributed by atoms with E-state index in [1.165, 1.54) is 13.8 Å². The van der Waals surface area contributed by atoms with Crippen LogP contribution in [0.3, 0.4) is 0 Å². The Balaban J connectivity index is 3.04. The topological polar surface area (TPSA) is 162 Å². The van der Waals surface area contributed by atoms with Gasteiger partial charge in [-0.25, -0.2) is 4.79 Å². The molecule has 0 saturated carbocycles. The second-order valence-electron chi connectivity index (χ2n) is 4.99. The van der Waals surface area contributed by atoms with Gasteiger partial charge in [0.05, 0.1) is 24.3 Å². The molecule has 1 aliphatic heterocycles. The van der Waals surface area contributed by atoms with Crippen LogP contribution in [0.15, 0.2) is 0 Å². The van der Waals surface area contributed by atoms with E-state index in [0.29, 0.717) is 0 Å². The second-order valence-corrected chi connectivity index (χ2v) is 4.99. The van der Waals surface area contributed by atoms with Crippen molar-refractivity contribution in [3.8, 4) is 0 Å². The summed E-state index contributed by atoms with van der Waals surface area (Å²) < 4.78 is 5.04. The van der Waals surface area contributed by atoms with Gasteiger partial charge >= 0.3 is 5.97 Å². The first-order chi connectivity index (χ1) is 9.08. The van der Waals surface area contributed by atoms with Crippen molar-refractivity contribution < 1.29 is 34.8 Å². The molecule has 20 heavy (non-hydrogen) atoms. The van der Waals surface area contributed by atoms with Gasteiger partial charge in [-0.3, -0.25) is 4.79 Å². The summed E-state index contributed by atoms with van der Waals surface area (Å²) >= 11 is 0. The minimum atomic E-state index is -2.62. The maximum atomic E-state index is 11.1. The first-order valence-corrected chi connectivity index (χ1v) is 6.11. The summed E-state index contributed by atoms with van der Waals surface area (Å²) in [7, 11) is 0. The Morgan fingerprint density at radius 3 is 2.45 bits per heavy atom. The monoisotopic (exact) mass is 292 g/mol. The van der Waals surface area contributed by atoms with Crippen LogP contribution in [0.2, 0.25) is 0 Å². The van der Waals surface area contributed by atoms with Crippen LogP contribution in [0.1, 0.15) is 20.3 Å². The zero-order valence-electron chi connectivity index (χ0n) is 11.2. The molecule has 0 bridgehead atoms. The largest absolute Gasteiger partial charge is 0.477 e. The van der Waals surface area contributed by atoms with Crippen molar-refractivity contribution in [3.63, 3.8) is 0 Å². The average Bonchev–Trinajstić information content (AvgIpc) is 2.30. The quantitative estimate of drug-likeness (QED) is 0.322. The number of hydrogen-bond donors (Lipinski definition) is 6. The molecule has 9 heteroatoms. The lowest BCUT2D eigenvalue weighted by Gasteiger charge is -2.44. The van der Waals surface area contributed by atoms with Gasteiger partial charge in [-0.1, -0.05) is 0 Å². The Morgan fingerprint density at radius 1 is 1.50 bits per heavy atom. The summed E-state index contributed by atoms with van der Waals surface area (Å²) in [5.74, 6) is -4.79. The van der Waals surface area contributed by atoms with Gasteiger partial charge < -0.3 is 36.2 Å². The van der Waals surface area contributed by atoms with Crippen molar-refractivity contribution in [2.24, 2.45) is 5.73 Å². The number of nitrogens with one attached hydrogen (secondary N) is 1. The molecule has 0 spiro atoms. The van der Waals surface area contributed by atoms with Crippen LogP contribution < -0.4 is 11.1 Å². The van der Waals surface area contributed by atoms with Gasteiger partial charge in [-0.05, 0) is 6.92 Å². The number of aliphatic hydroxyl groups excluding tert-OH is 2. The molecule has 116 valence electrons. The number of nitrogens with two attached hydrogens (primary N) is 1. The van der Waals surface area contributed by atoms with Gasteiger partial charge in [0.25, 0.3) is 5.79 Å². The Hall–Kier alpha value is -1.26. The van der Waals surface area contributed by atoms with Crippen LogP contribution in [-0.4, -0.2) is 68.5 Å². The highest BCUT2D eigenvalue weighted by atomic mass is 16.7. The van der Waals surface area contributed by atoms with Crippen molar-refractivity contribution in [2.45, 2.75) is 56.5 Å². The fourth-order valence-electron chi connectivity index (χ4n) is 2.15. The van der Waals surface area contributed by atoms with Crippen LogP contribution in [0.5, 0.6) is 0 Å². The third-order valence-electron chi connectivity index (χ3n) is 3.22. The number of amides is 1. The summed E-state index contributed by atoms with van der Waals surface area (Å²) in [5.41, 5.74) is 5.72. The van der Waals surface area contributed by atoms with Crippen LogP contribution >= 0.6 is 0 Å². The summed E-state index contributed by atoms with van der Waals surface area (Å²) in [6.07, 6.45) is -4.35. The lowest BCUT2D eigenvalue weighted by molar-refractivity contribution is -0.281. The first-order valence-electron chi connectivity index (χ1n) is 6.11. The van der Waals surface area contributed by atoms with Crippen LogP contribution in [-0.2, 0) is 14.3 Å². The van der Waals surface area contributed by atoms with Gasteiger partial charge in [0.1, 0.15) is 6.10 Å². The fraction of sp³-hybridized carbons (Fsp3) is 0.818. The molecule has 0 unspecified atom stereocenters. The predicted octanol–water partition coefficient (Wildman–Crippen LogP) is -2.88. The van der Waals surface area contributed by atoms with Crippen LogP contribution in [0.4, 0.5) is 0 Å².